The first-order valence-electron chi connectivity index (χ1n) is 16.7. The van der Waals surface area contributed by atoms with E-state index in [4.69, 9.17) is 9.47 Å². The lowest BCUT2D eigenvalue weighted by Gasteiger charge is -2.33. The van der Waals surface area contributed by atoms with E-state index in [0.717, 1.165) is 77.0 Å². The number of piperidine rings is 1. The fourth-order valence-electron chi connectivity index (χ4n) is 5.87. The van der Waals surface area contributed by atoms with Gasteiger partial charge in [-0.1, -0.05) is 93.8 Å². The number of carbonyl (C=O) groups excluding carboxylic acids is 4. The summed E-state index contributed by atoms with van der Waals surface area (Å²) in [5.74, 6) is -1.60. The fourth-order valence-corrected chi connectivity index (χ4v) is 5.87. The second-order valence-electron chi connectivity index (χ2n) is 11.9. The number of esters is 2. The minimum absolute atomic E-state index is 0.238. The molecule has 2 aromatic carbocycles. The lowest BCUT2D eigenvalue weighted by Crippen LogP contribution is -2.50. The number of likely N-dealkylation sites (tertiary alicyclic amines) is 1. The van der Waals surface area contributed by atoms with Crippen LogP contribution >= 0.6 is 0 Å². The molecule has 7 heteroatoms. The fraction of sp³-hybridized carbons (Fsp3) is 0.568. The summed E-state index contributed by atoms with van der Waals surface area (Å²) in [5.41, 5.74) is 3.14. The lowest BCUT2D eigenvalue weighted by atomic mass is 10.0. The number of Topliss-reactive ketones (excluding diaryl/α,β-unsaturated/α-hetero) is 1. The second kappa shape index (κ2) is 20.5. The van der Waals surface area contributed by atoms with Gasteiger partial charge in [0.15, 0.2) is 0 Å². The Kier molecular flexibility index (Phi) is 16.3. The minimum atomic E-state index is -0.622. The molecule has 1 aliphatic rings. The van der Waals surface area contributed by atoms with Crippen molar-refractivity contribution >= 4 is 23.6 Å². The van der Waals surface area contributed by atoms with E-state index in [1.165, 1.54) is 36.0 Å². The van der Waals surface area contributed by atoms with Crippen molar-refractivity contribution in [1.29, 1.82) is 0 Å². The third-order valence-electron chi connectivity index (χ3n) is 8.44. The number of amides is 1. The highest BCUT2D eigenvalue weighted by molar-refractivity contribution is 6.36. The van der Waals surface area contributed by atoms with Crippen LogP contribution in [0.25, 0.3) is 0 Å². The molecule has 0 aliphatic carbocycles. The average Bonchev–Trinajstić information content (AvgIpc) is 3.06. The van der Waals surface area contributed by atoms with Gasteiger partial charge in [-0.2, -0.15) is 0 Å². The number of methoxy groups -OCH3 is 1. The average molecular weight is 606 g/mol. The van der Waals surface area contributed by atoms with Gasteiger partial charge in [-0.05, 0) is 74.6 Å². The maximum atomic E-state index is 12.6. The van der Waals surface area contributed by atoms with E-state index >= 15 is 0 Å². The Bertz CT molecular complexity index is 1160. The van der Waals surface area contributed by atoms with Crippen molar-refractivity contribution in [2.45, 2.75) is 115 Å². The number of nitrogens with zero attached hydrogens (tertiary/aromatic N) is 1. The van der Waals surface area contributed by atoms with Crippen molar-refractivity contribution in [3.63, 3.8) is 0 Å². The Hall–Kier alpha value is -3.48. The van der Waals surface area contributed by atoms with Gasteiger partial charge in [0, 0.05) is 13.0 Å². The van der Waals surface area contributed by atoms with Crippen molar-refractivity contribution in [3.05, 3.63) is 71.3 Å². The van der Waals surface area contributed by atoms with Crippen molar-refractivity contribution in [3.8, 4) is 0 Å². The van der Waals surface area contributed by atoms with Crippen LogP contribution < -0.4 is 0 Å². The molecule has 0 saturated carbocycles. The molecule has 1 fully saturated rings. The van der Waals surface area contributed by atoms with Gasteiger partial charge in [-0.15, -0.1) is 0 Å². The molecule has 2 aromatic rings. The molecule has 1 atom stereocenters. The SMILES string of the molecule is COC(=O)C1CCCCN1C(=O)C(=O)CCCCCCCCCCCCOC(=O)c1cccc(CCCc2ccccc2)c1. The Labute approximate surface area is 263 Å². The van der Waals surface area contributed by atoms with Gasteiger partial charge >= 0.3 is 11.9 Å². The summed E-state index contributed by atoms with van der Waals surface area (Å²) < 4.78 is 10.3. The number of hydrogen-bond donors (Lipinski definition) is 0. The summed E-state index contributed by atoms with van der Waals surface area (Å²) in [7, 11) is 1.32. The summed E-state index contributed by atoms with van der Waals surface area (Å²) >= 11 is 0. The van der Waals surface area contributed by atoms with Crippen LogP contribution in [-0.2, 0) is 36.7 Å². The van der Waals surface area contributed by atoms with E-state index in [1.807, 2.05) is 24.3 Å². The first kappa shape index (κ1) is 35.0. The maximum Gasteiger partial charge on any atom is 0.338 e. The van der Waals surface area contributed by atoms with Crippen LogP contribution in [0.3, 0.4) is 0 Å². The number of unbranched alkanes of at least 4 members (excludes halogenated alkanes) is 9. The van der Waals surface area contributed by atoms with E-state index in [0.29, 0.717) is 31.6 Å². The highest BCUT2D eigenvalue weighted by Crippen LogP contribution is 2.20. The molecule has 1 amide bonds. The van der Waals surface area contributed by atoms with Crippen LogP contribution in [0, 0.1) is 0 Å². The third kappa shape index (κ3) is 12.6. The summed E-state index contributed by atoms with van der Waals surface area (Å²) in [5, 5.41) is 0. The van der Waals surface area contributed by atoms with Gasteiger partial charge in [-0.3, -0.25) is 9.59 Å². The summed E-state index contributed by atoms with van der Waals surface area (Å²) in [6.45, 7) is 0.902. The van der Waals surface area contributed by atoms with Crippen molar-refractivity contribution in [2.24, 2.45) is 0 Å². The van der Waals surface area contributed by atoms with E-state index in [9.17, 15) is 19.2 Å². The van der Waals surface area contributed by atoms with Crippen LogP contribution in [0.15, 0.2) is 54.6 Å². The topological polar surface area (TPSA) is 90.0 Å². The van der Waals surface area contributed by atoms with Crippen LogP contribution in [0.4, 0.5) is 0 Å². The van der Waals surface area contributed by atoms with E-state index in [-0.39, 0.29) is 12.4 Å². The zero-order valence-electron chi connectivity index (χ0n) is 26.6. The van der Waals surface area contributed by atoms with Gasteiger partial charge < -0.3 is 14.4 Å². The molecule has 44 heavy (non-hydrogen) atoms. The monoisotopic (exact) mass is 605 g/mol. The number of ether oxygens (including phenoxy) is 2. The highest BCUT2D eigenvalue weighted by Gasteiger charge is 2.35. The van der Waals surface area contributed by atoms with Gasteiger partial charge in [-0.25, -0.2) is 9.59 Å². The standard InChI is InChI=1S/C37H51NO6/c1-43-37(42)33-25-14-15-27-38(33)35(40)34(39)26-13-8-6-4-2-3-5-7-9-16-28-44-36(41)32-24-18-23-31(29-32)22-17-21-30-19-11-10-12-20-30/h10-12,18-20,23-24,29,33H,2-9,13-17,21-22,25-28H2,1H3. The molecular weight excluding hydrogens is 554 g/mol. The number of ketones is 1. The highest BCUT2D eigenvalue weighted by atomic mass is 16.5. The largest absolute Gasteiger partial charge is 0.467 e. The second-order valence-corrected chi connectivity index (χ2v) is 11.9. The number of aryl methyl sites for hydroxylation is 2. The Morgan fingerprint density at radius 1 is 0.727 bits per heavy atom. The van der Waals surface area contributed by atoms with Gasteiger partial charge in [0.2, 0.25) is 5.78 Å². The molecule has 0 aromatic heterocycles. The molecule has 7 nitrogen and oxygen atoms in total. The number of rotatable bonds is 20. The molecule has 1 heterocycles. The molecule has 3 rings (SSSR count). The van der Waals surface area contributed by atoms with E-state index in [1.54, 1.807) is 0 Å². The molecule has 0 radical (unpaired) electrons. The van der Waals surface area contributed by atoms with Crippen LogP contribution in [0.1, 0.15) is 118 Å². The number of carbonyl (C=O) groups is 4. The third-order valence-corrected chi connectivity index (χ3v) is 8.44. The zero-order valence-corrected chi connectivity index (χ0v) is 26.6. The molecule has 0 bridgehead atoms. The molecule has 1 saturated heterocycles. The molecule has 0 N–H and O–H groups in total. The van der Waals surface area contributed by atoms with Crippen LogP contribution in [0.2, 0.25) is 0 Å². The van der Waals surface area contributed by atoms with Crippen molar-refractivity contribution in [2.75, 3.05) is 20.3 Å². The number of hydrogen-bond acceptors (Lipinski definition) is 6. The van der Waals surface area contributed by atoms with E-state index < -0.39 is 23.7 Å². The van der Waals surface area contributed by atoms with Gasteiger partial charge in [0.05, 0.1) is 19.3 Å². The van der Waals surface area contributed by atoms with Crippen molar-refractivity contribution < 1.29 is 28.7 Å². The smallest absolute Gasteiger partial charge is 0.338 e. The molecule has 1 aliphatic heterocycles. The molecular formula is C37H51NO6. The summed E-state index contributed by atoms with van der Waals surface area (Å²) in [6.07, 6.45) is 15.9. The van der Waals surface area contributed by atoms with Crippen LogP contribution in [0.5, 0.6) is 0 Å². The van der Waals surface area contributed by atoms with E-state index in [2.05, 4.69) is 30.3 Å². The Balaban J connectivity index is 1.15. The predicted octanol–water partition coefficient (Wildman–Crippen LogP) is 7.43. The molecule has 240 valence electrons. The van der Waals surface area contributed by atoms with Crippen molar-refractivity contribution in [1.82, 2.24) is 4.90 Å². The maximum absolute atomic E-state index is 12.6. The van der Waals surface area contributed by atoms with Gasteiger partial charge in [0.25, 0.3) is 5.91 Å². The van der Waals surface area contributed by atoms with Gasteiger partial charge in [0.1, 0.15) is 6.04 Å². The Morgan fingerprint density at radius 2 is 1.36 bits per heavy atom. The summed E-state index contributed by atoms with van der Waals surface area (Å²) in [4.78, 5) is 50.9. The minimum Gasteiger partial charge on any atom is -0.467 e. The first-order chi connectivity index (χ1) is 21.5. The normalized spacial score (nSPS) is 14.7. The zero-order chi connectivity index (χ0) is 31.4. The lowest BCUT2D eigenvalue weighted by molar-refractivity contribution is -0.157. The van der Waals surface area contributed by atoms with Crippen LogP contribution in [-0.4, -0.2) is 54.8 Å². The number of benzene rings is 2. The first-order valence-corrected chi connectivity index (χ1v) is 16.7. The Morgan fingerprint density at radius 3 is 2.07 bits per heavy atom. The quantitative estimate of drug-likeness (QED) is 0.0886. The molecule has 0 spiro atoms. The predicted molar refractivity (Wildman–Crippen MR) is 172 cm³/mol. The molecule has 1 unspecified atom stereocenters. The summed E-state index contributed by atoms with van der Waals surface area (Å²) in [6, 6.07) is 17.7.